The van der Waals surface area contributed by atoms with Gasteiger partial charge in [-0.1, -0.05) is 32.1 Å². The van der Waals surface area contributed by atoms with Crippen LogP contribution in [-0.2, 0) is 16.1 Å². The van der Waals surface area contributed by atoms with E-state index >= 15 is 0 Å². The highest BCUT2D eigenvalue weighted by molar-refractivity contribution is 5.85. The summed E-state index contributed by atoms with van der Waals surface area (Å²) in [6.45, 7) is 4.43. The number of rotatable bonds is 8. The summed E-state index contributed by atoms with van der Waals surface area (Å²) in [5.41, 5.74) is 4.26. The van der Waals surface area contributed by atoms with E-state index in [0.717, 1.165) is 27.8 Å². The first-order valence-corrected chi connectivity index (χ1v) is 11.9. The number of pyridine rings is 1. The maximum atomic E-state index is 13.8. The van der Waals surface area contributed by atoms with Crippen molar-refractivity contribution >= 4 is 12.0 Å². The van der Waals surface area contributed by atoms with Crippen LogP contribution in [0, 0.1) is 5.82 Å². The Bertz CT molecular complexity index is 1220. The van der Waals surface area contributed by atoms with Crippen LogP contribution in [0.1, 0.15) is 49.3 Å². The van der Waals surface area contributed by atoms with Crippen molar-refractivity contribution < 1.29 is 28.5 Å². The van der Waals surface area contributed by atoms with Crippen LogP contribution in [0.3, 0.4) is 0 Å². The van der Waals surface area contributed by atoms with Gasteiger partial charge in [-0.3, -0.25) is 9.78 Å². The van der Waals surface area contributed by atoms with E-state index in [1.165, 1.54) is 12.1 Å². The predicted molar refractivity (Wildman–Crippen MR) is 135 cm³/mol. The molecule has 36 heavy (non-hydrogen) atoms. The highest BCUT2D eigenvalue weighted by atomic mass is 19.1. The molecule has 1 aromatic heterocycles. The number of cyclic esters (lactones) is 1. The summed E-state index contributed by atoms with van der Waals surface area (Å²) in [5, 5.41) is 10.0. The van der Waals surface area contributed by atoms with Crippen molar-refractivity contribution in [1.82, 2.24) is 4.98 Å². The van der Waals surface area contributed by atoms with Crippen LogP contribution in [0.25, 0.3) is 17.2 Å². The number of benzene rings is 2. The second-order valence-electron chi connectivity index (χ2n) is 9.07. The summed E-state index contributed by atoms with van der Waals surface area (Å²) < 4.78 is 31.3. The standard InChI is InChI=1S/C29H30FNO5/c1-18(2)25-16-26(34-3)29(35-17-19-10-12-31-13-11-19)28(20-4-6-21(30)7-5-20)24(25)9-8-23-14-22(32)15-27(33)36-23/h4-13,16,18,22-23,32H,14-15,17H2,1-3H3/b9-8+/t22-,23-/m0/s1. The van der Waals surface area contributed by atoms with Gasteiger partial charge in [0, 0.05) is 24.4 Å². The number of carbonyl (C=O) groups excluding carboxylic acids is 1. The molecule has 6 nitrogen and oxygen atoms in total. The van der Waals surface area contributed by atoms with Crippen molar-refractivity contribution in [3.63, 3.8) is 0 Å². The van der Waals surface area contributed by atoms with Crippen LogP contribution in [0.15, 0.2) is 60.9 Å². The van der Waals surface area contributed by atoms with Crippen molar-refractivity contribution in [2.75, 3.05) is 7.11 Å². The quantitative estimate of drug-likeness (QED) is 0.409. The molecule has 0 amide bonds. The lowest BCUT2D eigenvalue weighted by Crippen LogP contribution is -2.31. The maximum Gasteiger partial charge on any atom is 0.309 e. The average molecular weight is 492 g/mol. The third-order valence-electron chi connectivity index (χ3n) is 6.09. The number of aliphatic hydroxyl groups excluding tert-OH is 1. The van der Waals surface area contributed by atoms with Crippen LogP contribution in [-0.4, -0.2) is 35.4 Å². The molecule has 1 aliphatic rings. The molecule has 0 bridgehead atoms. The summed E-state index contributed by atoms with van der Waals surface area (Å²) in [5.74, 6) is 0.424. The zero-order chi connectivity index (χ0) is 25.7. The Morgan fingerprint density at radius 1 is 1.19 bits per heavy atom. The Morgan fingerprint density at radius 2 is 1.92 bits per heavy atom. The average Bonchev–Trinajstić information content (AvgIpc) is 2.86. The van der Waals surface area contributed by atoms with Crippen molar-refractivity contribution in [2.24, 2.45) is 0 Å². The normalized spacial score (nSPS) is 17.9. The molecular weight excluding hydrogens is 461 g/mol. The number of hydrogen-bond donors (Lipinski definition) is 1. The SMILES string of the molecule is COc1cc(C(C)C)c(/C=C/[C@H]2C[C@H](O)CC(=O)O2)c(-c2ccc(F)cc2)c1OCc1ccncc1. The second-order valence-corrected chi connectivity index (χ2v) is 9.07. The van der Waals surface area contributed by atoms with Crippen LogP contribution in [0.2, 0.25) is 0 Å². The number of ether oxygens (including phenoxy) is 3. The fourth-order valence-electron chi connectivity index (χ4n) is 4.29. The molecule has 2 atom stereocenters. The summed E-state index contributed by atoms with van der Waals surface area (Å²) >= 11 is 0. The Hall–Kier alpha value is -3.71. The lowest BCUT2D eigenvalue weighted by atomic mass is 9.88. The molecule has 0 saturated carbocycles. The van der Waals surface area contributed by atoms with Crippen molar-refractivity contribution in [2.45, 2.75) is 51.4 Å². The molecule has 3 aromatic rings. The van der Waals surface area contributed by atoms with Crippen molar-refractivity contribution in [1.29, 1.82) is 0 Å². The highest BCUT2D eigenvalue weighted by Gasteiger charge is 2.26. The van der Waals surface area contributed by atoms with E-state index in [0.29, 0.717) is 17.9 Å². The largest absolute Gasteiger partial charge is 0.493 e. The van der Waals surface area contributed by atoms with Crippen molar-refractivity contribution in [3.8, 4) is 22.6 Å². The van der Waals surface area contributed by atoms with Gasteiger partial charge in [0.2, 0.25) is 0 Å². The number of aliphatic hydroxyl groups is 1. The van der Waals surface area contributed by atoms with Crippen molar-refractivity contribution in [3.05, 3.63) is 83.4 Å². The molecule has 7 heteroatoms. The molecule has 0 radical (unpaired) electrons. The predicted octanol–water partition coefficient (Wildman–Crippen LogP) is 5.68. The van der Waals surface area contributed by atoms with Gasteiger partial charge in [-0.2, -0.15) is 0 Å². The highest BCUT2D eigenvalue weighted by Crippen LogP contribution is 2.45. The smallest absolute Gasteiger partial charge is 0.309 e. The lowest BCUT2D eigenvalue weighted by Gasteiger charge is -2.25. The van der Waals surface area contributed by atoms with Gasteiger partial charge in [-0.25, -0.2) is 4.39 Å². The van der Waals surface area contributed by atoms with Crippen LogP contribution in [0.5, 0.6) is 11.5 Å². The van der Waals surface area contributed by atoms with Gasteiger partial charge >= 0.3 is 5.97 Å². The molecule has 1 N–H and O–H groups in total. The topological polar surface area (TPSA) is 77.9 Å². The van der Waals surface area contributed by atoms with Crippen LogP contribution in [0.4, 0.5) is 4.39 Å². The van der Waals surface area contributed by atoms with Gasteiger partial charge in [-0.05, 0) is 64.6 Å². The summed E-state index contributed by atoms with van der Waals surface area (Å²) in [7, 11) is 1.59. The maximum absolute atomic E-state index is 13.8. The van der Waals surface area contributed by atoms with E-state index in [2.05, 4.69) is 18.8 Å². The lowest BCUT2D eigenvalue weighted by molar-refractivity contribution is -0.156. The molecule has 0 spiro atoms. The molecule has 2 heterocycles. The Morgan fingerprint density at radius 3 is 2.56 bits per heavy atom. The Labute approximate surface area is 210 Å². The second kappa shape index (κ2) is 11.4. The molecule has 2 aromatic carbocycles. The van der Waals surface area contributed by atoms with E-state index in [-0.39, 0.29) is 24.8 Å². The fraction of sp³-hybridized carbons (Fsp3) is 0.310. The summed E-state index contributed by atoms with van der Waals surface area (Å²) in [4.78, 5) is 15.9. The van der Waals surface area contributed by atoms with Gasteiger partial charge in [0.1, 0.15) is 18.5 Å². The third kappa shape index (κ3) is 5.91. The number of carbonyl (C=O) groups is 1. The molecule has 188 valence electrons. The number of hydrogen-bond acceptors (Lipinski definition) is 6. The Balaban J connectivity index is 1.86. The molecule has 1 aliphatic heterocycles. The van der Waals surface area contributed by atoms with E-state index in [9.17, 15) is 14.3 Å². The zero-order valence-corrected chi connectivity index (χ0v) is 20.6. The Kier molecular flexibility index (Phi) is 8.00. The van der Waals surface area contributed by atoms with E-state index in [1.54, 1.807) is 37.7 Å². The number of aromatic nitrogens is 1. The molecular formula is C29H30FNO5. The number of halogens is 1. The van der Waals surface area contributed by atoms with Gasteiger partial charge in [-0.15, -0.1) is 0 Å². The first kappa shape index (κ1) is 25.4. The third-order valence-corrected chi connectivity index (χ3v) is 6.09. The summed E-state index contributed by atoms with van der Waals surface area (Å²) in [6, 6.07) is 11.9. The first-order chi connectivity index (χ1) is 17.4. The van der Waals surface area contributed by atoms with Gasteiger partial charge in [0.25, 0.3) is 0 Å². The molecule has 1 fully saturated rings. The minimum Gasteiger partial charge on any atom is -0.493 e. The van der Waals surface area contributed by atoms with E-state index in [1.807, 2.05) is 24.3 Å². The monoisotopic (exact) mass is 491 g/mol. The molecule has 4 rings (SSSR count). The van der Waals surface area contributed by atoms with Crippen LogP contribution >= 0.6 is 0 Å². The van der Waals surface area contributed by atoms with Gasteiger partial charge in [0.15, 0.2) is 11.5 Å². The first-order valence-electron chi connectivity index (χ1n) is 11.9. The van der Waals surface area contributed by atoms with Crippen LogP contribution < -0.4 is 9.47 Å². The summed E-state index contributed by atoms with van der Waals surface area (Å²) in [6.07, 6.45) is 6.11. The number of esters is 1. The van der Waals surface area contributed by atoms with Gasteiger partial charge in [0.05, 0.1) is 19.6 Å². The number of methoxy groups -OCH3 is 1. The number of nitrogens with zero attached hydrogens (tertiary/aromatic N) is 1. The molecule has 0 unspecified atom stereocenters. The van der Waals surface area contributed by atoms with Gasteiger partial charge < -0.3 is 19.3 Å². The minimum absolute atomic E-state index is 0.00204. The van der Waals surface area contributed by atoms with E-state index < -0.39 is 18.2 Å². The van der Waals surface area contributed by atoms with E-state index in [4.69, 9.17) is 14.2 Å². The molecule has 0 aliphatic carbocycles. The molecule has 1 saturated heterocycles. The minimum atomic E-state index is -0.739. The fourth-order valence-corrected chi connectivity index (χ4v) is 4.29. The zero-order valence-electron chi connectivity index (χ0n) is 20.6.